The average Bonchev–Trinajstić information content (AvgIpc) is 2.49. The quantitative estimate of drug-likeness (QED) is 0.926. The lowest BCUT2D eigenvalue weighted by molar-refractivity contribution is 0.114. The molecule has 5 heteroatoms. The molecule has 0 saturated carbocycles. The monoisotopic (exact) mass is 341 g/mol. The minimum atomic E-state index is 0. The van der Waals surface area contributed by atoms with Crippen molar-refractivity contribution in [2.45, 2.75) is 32.4 Å². The maximum absolute atomic E-state index is 5.94. The fourth-order valence-corrected chi connectivity index (χ4v) is 3.16. The smallest absolute Gasteiger partial charge is 0.0705 e. The van der Waals surface area contributed by atoms with Gasteiger partial charge >= 0.3 is 0 Å². The number of pyridine rings is 1. The third kappa shape index (κ3) is 4.32. The van der Waals surface area contributed by atoms with Gasteiger partial charge in [0, 0.05) is 24.5 Å². The minimum Gasteiger partial charge on any atom is -0.329 e. The summed E-state index contributed by atoms with van der Waals surface area (Å²) in [6, 6.07) is 13.1. The van der Waals surface area contributed by atoms with E-state index in [1.165, 1.54) is 18.2 Å². The lowest BCUT2D eigenvalue weighted by Crippen LogP contribution is -2.45. The van der Waals surface area contributed by atoms with Crippen molar-refractivity contribution in [1.82, 2.24) is 9.88 Å². The minimum absolute atomic E-state index is 0. The van der Waals surface area contributed by atoms with Crippen molar-refractivity contribution in [3.63, 3.8) is 0 Å². The number of benzene rings is 1. The fraction of sp³-hybridized carbons (Fsp3) is 0.471. The molecular weight excluding hydrogens is 317 g/mol. The molecule has 0 amide bonds. The first kappa shape index (κ1) is 19.2. The Bertz CT molecular complexity index is 591. The molecular formula is C17H25Cl2N3. The molecule has 0 spiro atoms. The van der Waals surface area contributed by atoms with Gasteiger partial charge in [-0.05, 0) is 37.4 Å². The van der Waals surface area contributed by atoms with Gasteiger partial charge in [0.25, 0.3) is 0 Å². The second-order valence-corrected chi connectivity index (χ2v) is 5.98. The van der Waals surface area contributed by atoms with Crippen LogP contribution in [0, 0.1) is 5.92 Å². The Morgan fingerprint density at radius 1 is 1.18 bits per heavy atom. The molecule has 1 aromatic heterocycles. The highest BCUT2D eigenvalue weighted by atomic mass is 35.5. The summed E-state index contributed by atoms with van der Waals surface area (Å²) >= 11 is 0. The molecule has 0 aliphatic carbocycles. The normalized spacial score (nSPS) is 21.9. The number of aromatic nitrogens is 1. The van der Waals surface area contributed by atoms with Crippen LogP contribution in [0.1, 0.15) is 25.5 Å². The van der Waals surface area contributed by atoms with Crippen molar-refractivity contribution in [2.75, 3.05) is 13.1 Å². The van der Waals surface area contributed by atoms with Crippen LogP contribution in [0.25, 0.3) is 10.9 Å². The summed E-state index contributed by atoms with van der Waals surface area (Å²) in [6.07, 6.45) is 2.48. The van der Waals surface area contributed by atoms with Gasteiger partial charge in [0.1, 0.15) is 0 Å². The molecule has 2 N–H and O–H groups in total. The molecule has 1 aliphatic heterocycles. The van der Waals surface area contributed by atoms with Gasteiger partial charge < -0.3 is 5.73 Å². The number of nitrogens with zero attached hydrogens (tertiary/aromatic N) is 2. The van der Waals surface area contributed by atoms with Gasteiger partial charge in [-0.15, -0.1) is 24.8 Å². The fourth-order valence-electron chi connectivity index (χ4n) is 3.16. The SMILES string of the molecule is CC1CCN(Cc2ccc3ccccc3n2)C(CN)C1.Cl.Cl. The van der Waals surface area contributed by atoms with Crippen LogP contribution in [0.5, 0.6) is 0 Å². The second kappa shape index (κ2) is 8.68. The van der Waals surface area contributed by atoms with Crippen LogP contribution in [0.15, 0.2) is 36.4 Å². The Balaban J connectivity index is 0.00000121. The van der Waals surface area contributed by atoms with Crippen molar-refractivity contribution < 1.29 is 0 Å². The van der Waals surface area contributed by atoms with E-state index in [2.05, 4.69) is 42.2 Å². The molecule has 1 fully saturated rings. The summed E-state index contributed by atoms with van der Waals surface area (Å²) in [6.45, 7) is 5.13. The molecule has 2 aromatic rings. The number of para-hydroxylation sites is 1. The van der Waals surface area contributed by atoms with E-state index in [4.69, 9.17) is 10.7 Å². The average molecular weight is 342 g/mol. The molecule has 1 saturated heterocycles. The van der Waals surface area contributed by atoms with Crippen molar-refractivity contribution in [3.8, 4) is 0 Å². The Morgan fingerprint density at radius 2 is 1.95 bits per heavy atom. The molecule has 1 aliphatic rings. The largest absolute Gasteiger partial charge is 0.329 e. The number of halogens is 2. The summed E-state index contributed by atoms with van der Waals surface area (Å²) in [5.74, 6) is 0.796. The molecule has 0 bridgehead atoms. The summed E-state index contributed by atoms with van der Waals surface area (Å²) in [7, 11) is 0. The van der Waals surface area contributed by atoms with Crippen LogP contribution in [0.4, 0.5) is 0 Å². The van der Waals surface area contributed by atoms with Crippen molar-refractivity contribution in [3.05, 3.63) is 42.1 Å². The highest BCUT2D eigenvalue weighted by Gasteiger charge is 2.25. The molecule has 122 valence electrons. The Morgan fingerprint density at radius 3 is 2.73 bits per heavy atom. The molecule has 3 rings (SSSR count). The van der Waals surface area contributed by atoms with Crippen LogP contribution in [-0.4, -0.2) is 29.0 Å². The highest BCUT2D eigenvalue weighted by molar-refractivity contribution is 5.85. The molecule has 2 heterocycles. The van der Waals surface area contributed by atoms with Crippen molar-refractivity contribution >= 4 is 35.7 Å². The first-order valence-corrected chi connectivity index (χ1v) is 7.55. The van der Waals surface area contributed by atoms with Gasteiger partial charge in [-0.25, -0.2) is 0 Å². The number of hydrogen-bond donors (Lipinski definition) is 1. The predicted octanol–water partition coefficient (Wildman–Crippen LogP) is 3.64. The number of fused-ring (bicyclic) bond motifs is 1. The van der Waals surface area contributed by atoms with E-state index in [9.17, 15) is 0 Å². The topological polar surface area (TPSA) is 42.2 Å². The third-order valence-electron chi connectivity index (χ3n) is 4.39. The molecule has 2 unspecified atom stereocenters. The van der Waals surface area contributed by atoms with E-state index in [0.717, 1.165) is 36.8 Å². The number of piperidine rings is 1. The number of rotatable bonds is 3. The van der Waals surface area contributed by atoms with Gasteiger partial charge in [0.05, 0.1) is 11.2 Å². The zero-order chi connectivity index (χ0) is 13.9. The summed E-state index contributed by atoms with van der Waals surface area (Å²) in [4.78, 5) is 7.27. The molecule has 3 nitrogen and oxygen atoms in total. The lowest BCUT2D eigenvalue weighted by atomic mass is 9.92. The van der Waals surface area contributed by atoms with E-state index in [1.54, 1.807) is 0 Å². The lowest BCUT2D eigenvalue weighted by Gasteiger charge is -2.37. The zero-order valence-corrected chi connectivity index (χ0v) is 14.6. The van der Waals surface area contributed by atoms with E-state index in [-0.39, 0.29) is 24.8 Å². The summed E-state index contributed by atoms with van der Waals surface area (Å²) in [5.41, 5.74) is 8.17. The van der Waals surface area contributed by atoms with E-state index in [1.807, 2.05) is 6.07 Å². The number of hydrogen-bond acceptors (Lipinski definition) is 3. The Kier molecular flexibility index (Phi) is 7.57. The van der Waals surface area contributed by atoms with Gasteiger partial charge in [0.15, 0.2) is 0 Å². The van der Waals surface area contributed by atoms with Gasteiger partial charge in [0.2, 0.25) is 0 Å². The molecule has 2 atom stereocenters. The standard InChI is InChI=1S/C17H23N3.2ClH/c1-13-8-9-20(16(10-13)11-18)12-15-7-6-14-4-2-3-5-17(14)19-15;;/h2-7,13,16H,8-12,18H2,1H3;2*1H. The highest BCUT2D eigenvalue weighted by Crippen LogP contribution is 2.23. The van der Waals surface area contributed by atoms with E-state index < -0.39 is 0 Å². The van der Waals surface area contributed by atoms with Gasteiger partial charge in [-0.3, -0.25) is 9.88 Å². The second-order valence-electron chi connectivity index (χ2n) is 5.98. The van der Waals surface area contributed by atoms with Gasteiger partial charge in [-0.2, -0.15) is 0 Å². The third-order valence-corrected chi connectivity index (χ3v) is 4.39. The zero-order valence-electron chi connectivity index (χ0n) is 12.9. The van der Waals surface area contributed by atoms with Crippen LogP contribution < -0.4 is 5.73 Å². The summed E-state index contributed by atoms with van der Waals surface area (Å²) < 4.78 is 0. The first-order chi connectivity index (χ1) is 9.76. The Hall–Kier alpha value is -0.870. The van der Waals surface area contributed by atoms with Crippen LogP contribution in [-0.2, 0) is 6.54 Å². The van der Waals surface area contributed by atoms with Gasteiger partial charge in [-0.1, -0.05) is 31.2 Å². The number of likely N-dealkylation sites (tertiary alicyclic amines) is 1. The van der Waals surface area contributed by atoms with Crippen LogP contribution >= 0.6 is 24.8 Å². The van der Waals surface area contributed by atoms with E-state index >= 15 is 0 Å². The summed E-state index contributed by atoms with van der Waals surface area (Å²) in [5, 5.41) is 1.21. The maximum Gasteiger partial charge on any atom is 0.0705 e. The van der Waals surface area contributed by atoms with E-state index in [0.29, 0.717) is 6.04 Å². The number of nitrogens with two attached hydrogens (primary N) is 1. The van der Waals surface area contributed by atoms with Crippen LogP contribution in [0.2, 0.25) is 0 Å². The maximum atomic E-state index is 5.94. The van der Waals surface area contributed by atoms with Crippen LogP contribution in [0.3, 0.4) is 0 Å². The molecule has 22 heavy (non-hydrogen) atoms. The Labute approximate surface area is 145 Å². The molecule has 1 aromatic carbocycles. The molecule has 0 radical (unpaired) electrons. The predicted molar refractivity (Wildman–Crippen MR) is 97.9 cm³/mol. The first-order valence-electron chi connectivity index (χ1n) is 7.55. The van der Waals surface area contributed by atoms with Crippen molar-refractivity contribution in [1.29, 1.82) is 0 Å². The van der Waals surface area contributed by atoms with Crippen molar-refractivity contribution in [2.24, 2.45) is 11.7 Å².